The number of rotatable bonds is 6. The molecule has 0 saturated heterocycles. The summed E-state index contributed by atoms with van der Waals surface area (Å²) in [6, 6.07) is 127. The van der Waals surface area contributed by atoms with Crippen LogP contribution in [-0.4, -0.2) is 19.9 Å². The van der Waals surface area contributed by atoms with Crippen LogP contribution in [-0.2, 0) is 0 Å². The van der Waals surface area contributed by atoms with E-state index in [1.165, 1.54) is 120 Å². The average Bonchev–Trinajstić information content (AvgIpc) is 0.758. The van der Waals surface area contributed by atoms with Gasteiger partial charge in [0.1, 0.15) is 0 Å². The van der Waals surface area contributed by atoms with Crippen molar-refractivity contribution in [3.63, 3.8) is 0 Å². The molecular weight excluding hydrogens is 1210 g/mol. The molecule has 100 heavy (non-hydrogen) atoms. The zero-order chi connectivity index (χ0) is 65.8. The van der Waals surface area contributed by atoms with Crippen LogP contribution in [0.3, 0.4) is 0 Å². The van der Waals surface area contributed by atoms with E-state index in [9.17, 15) is 0 Å². The van der Waals surface area contributed by atoms with Crippen LogP contribution in [0.25, 0.3) is 208 Å². The number of fused-ring (bicyclic) bond motifs is 21. The molecule has 21 aromatic rings. The fourth-order valence-electron chi connectivity index (χ4n) is 15.8. The van der Waals surface area contributed by atoms with Crippen molar-refractivity contribution >= 4 is 141 Å². The minimum absolute atomic E-state index is 0.921. The van der Waals surface area contributed by atoms with Gasteiger partial charge in [0.25, 0.3) is 0 Å². The lowest BCUT2D eigenvalue weighted by Crippen LogP contribution is -1.93. The van der Waals surface area contributed by atoms with Crippen molar-refractivity contribution in [3.8, 4) is 67.0 Å². The summed E-state index contributed by atoms with van der Waals surface area (Å²) in [6.07, 6.45) is 0. The fourth-order valence-corrected chi connectivity index (χ4v) is 15.8. The van der Waals surface area contributed by atoms with Crippen molar-refractivity contribution in [2.45, 2.75) is 0 Å². The molecule has 0 amide bonds. The topological polar surface area (TPSA) is 51.6 Å². The molecule has 4 heteroatoms. The number of nitrogens with zero attached hydrogens (tertiary/aromatic N) is 4. The maximum atomic E-state index is 5.30. The zero-order valence-corrected chi connectivity index (χ0v) is 54.3. The molecule has 0 aliphatic carbocycles. The second kappa shape index (κ2) is 23.2. The number of aromatic nitrogens is 4. The Morgan fingerprint density at radius 1 is 0.140 bits per heavy atom. The number of pyridine rings is 4. The van der Waals surface area contributed by atoms with E-state index in [4.69, 9.17) is 19.9 Å². The van der Waals surface area contributed by atoms with E-state index < -0.39 is 0 Å². The molecule has 4 aromatic heterocycles. The first-order chi connectivity index (χ1) is 49.6. The van der Waals surface area contributed by atoms with Gasteiger partial charge in [0.05, 0.1) is 44.5 Å². The minimum Gasteiger partial charge on any atom is -0.245 e. The second-order valence-electron chi connectivity index (χ2n) is 26.3. The van der Waals surface area contributed by atoms with E-state index in [0.29, 0.717) is 0 Å². The Hall–Kier alpha value is -13.3. The Morgan fingerprint density at radius 2 is 0.430 bits per heavy atom. The summed E-state index contributed by atoms with van der Waals surface area (Å²) in [4.78, 5) is 20.9. The predicted octanol–water partition coefficient (Wildman–Crippen LogP) is 25.9. The van der Waals surface area contributed by atoms with Crippen LogP contribution in [0.1, 0.15) is 0 Å². The van der Waals surface area contributed by atoms with Crippen molar-refractivity contribution in [2.75, 3.05) is 0 Å². The first kappa shape index (κ1) is 57.0. The summed E-state index contributed by atoms with van der Waals surface area (Å²) >= 11 is 0. The van der Waals surface area contributed by atoms with Crippen LogP contribution in [0, 0.1) is 0 Å². The van der Waals surface area contributed by atoms with Crippen LogP contribution in [0.4, 0.5) is 0 Å². The van der Waals surface area contributed by atoms with Gasteiger partial charge in [-0.15, -0.1) is 0 Å². The van der Waals surface area contributed by atoms with Crippen LogP contribution in [0.2, 0.25) is 0 Å². The maximum Gasteiger partial charge on any atom is 0.0978 e. The van der Waals surface area contributed by atoms with Crippen LogP contribution < -0.4 is 0 Å². The number of hydrogen-bond acceptors (Lipinski definition) is 4. The van der Waals surface area contributed by atoms with E-state index in [1.807, 2.05) is 0 Å². The molecule has 0 unspecified atom stereocenters. The lowest BCUT2D eigenvalue weighted by molar-refractivity contribution is 1.39. The SMILES string of the molecule is c1ccc(-c2c3ccccc3nc3c2ccc2ccc(-c4ccc(-c5ccc6c7ccccc7c7ccccc7c6c5)cc4)nc23)cc1.c1ccc(-c2c3ccccc3nc3c2ccc2ccc(-c4ccc5cc(-c6ccc7c8ccccc8c8ccccc8c7c6)ccc5c4)nc23)cc1. The lowest BCUT2D eigenvalue weighted by atomic mass is 9.91. The average molecular weight is 1270 g/mol. The highest BCUT2D eigenvalue weighted by atomic mass is 14.8. The van der Waals surface area contributed by atoms with Gasteiger partial charge in [-0.1, -0.05) is 303 Å². The number of benzene rings is 17. The molecule has 0 aliphatic rings. The quantitative estimate of drug-likeness (QED) is 0.123. The van der Waals surface area contributed by atoms with Gasteiger partial charge >= 0.3 is 0 Å². The minimum atomic E-state index is 0.921. The van der Waals surface area contributed by atoms with Gasteiger partial charge in [-0.05, 0) is 157 Å². The van der Waals surface area contributed by atoms with E-state index >= 15 is 0 Å². The Bertz CT molecular complexity index is 6870. The van der Waals surface area contributed by atoms with Gasteiger partial charge in [-0.2, -0.15) is 0 Å². The Labute approximate surface area is 576 Å². The summed E-state index contributed by atoms with van der Waals surface area (Å²) in [5, 5.41) is 24.6. The summed E-state index contributed by atoms with van der Waals surface area (Å²) < 4.78 is 0. The van der Waals surface area contributed by atoms with Crippen molar-refractivity contribution in [2.24, 2.45) is 0 Å². The normalized spacial score (nSPS) is 11.8. The van der Waals surface area contributed by atoms with E-state index in [0.717, 1.165) is 87.9 Å². The first-order valence-corrected chi connectivity index (χ1v) is 34.2. The van der Waals surface area contributed by atoms with E-state index in [-0.39, 0.29) is 0 Å². The number of para-hydroxylation sites is 2. The second-order valence-corrected chi connectivity index (χ2v) is 26.3. The maximum absolute atomic E-state index is 5.30. The molecule has 4 nitrogen and oxygen atoms in total. The van der Waals surface area contributed by atoms with Crippen LogP contribution >= 0.6 is 0 Å². The lowest BCUT2D eigenvalue weighted by Gasteiger charge is -2.13. The molecule has 0 fully saturated rings. The molecule has 0 radical (unpaired) electrons. The Morgan fingerprint density at radius 3 is 0.880 bits per heavy atom. The van der Waals surface area contributed by atoms with Crippen LogP contribution in [0.5, 0.6) is 0 Å². The highest BCUT2D eigenvalue weighted by molar-refractivity contribution is 6.27. The molecule has 17 aromatic carbocycles. The van der Waals surface area contributed by atoms with Gasteiger partial charge in [0, 0.05) is 54.6 Å². The standard InChI is InChI=1S/C50H30N2.C46H28N2/c1-2-10-31(11-3-1)48-43-16-8-9-17-47(43)52-50-44(48)26-22-32-24-27-46(51-49(32)50)37-21-20-33-28-34(18-19-35(33)29-37)36-23-25-42-40-14-5-4-12-38(40)39-13-6-7-15-41(39)45(42)30-36;1-2-10-31(11-3-1)44-39-16-8-9-17-43(39)48-46-40(44)26-22-32-24-27-42(47-45(32)46)30-20-18-29(19-21-30)33-23-25-38-36-14-5-4-12-34(36)35-13-6-7-15-37(35)41(38)28-33/h1-30H;1-28H. The van der Waals surface area contributed by atoms with Gasteiger partial charge in [-0.25, -0.2) is 19.9 Å². The summed E-state index contributed by atoms with van der Waals surface area (Å²) in [7, 11) is 0. The highest BCUT2D eigenvalue weighted by Gasteiger charge is 2.19. The monoisotopic (exact) mass is 1270 g/mol. The van der Waals surface area contributed by atoms with E-state index in [2.05, 4.69) is 352 Å². The van der Waals surface area contributed by atoms with E-state index in [1.54, 1.807) is 0 Å². The molecule has 0 spiro atoms. The smallest absolute Gasteiger partial charge is 0.0978 e. The largest absolute Gasteiger partial charge is 0.245 e. The summed E-state index contributed by atoms with van der Waals surface area (Å²) in [5.74, 6) is 0. The molecule has 0 N–H and O–H groups in total. The third-order valence-corrected chi connectivity index (χ3v) is 20.6. The number of hydrogen-bond donors (Lipinski definition) is 0. The molecule has 0 aliphatic heterocycles. The molecule has 4 heterocycles. The van der Waals surface area contributed by atoms with Crippen LogP contribution in [0.15, 0.2) is 352 Å². The summed E-state index contributed by atoms with van der Waals surface area (Å²) in [6.45, 7) is 0. The fraction of sp³-hybridized carbons (Fsp3) is 0. The van der Waals surface area contributed by atoms with Gasteiger partial charge < -0.3 is 0 Å². The Kier molecular flexibility index (Phi) is 13.2. The molecule has 0 saturated carbocycles. The summed E-state index contributed by atoms with van der Waals surface area (Å²) in [5.41, 5.74) is 19.3. The predicted molar refractivity (Wildman–Crippen MR) is 424 cm³/mol. The van der Waals surface area contributed by atoms with Crippen molar-refractivity contribution in [3.05, 3.63) is 352 Å². The third-order valence-electron chi connectivity index (χ3n) is 20.6. The van der Waals surface area contributed by atoms with Crippen molar-refractivity contribution in [1.29, 1.82) is 0 Å². The van der Waals surface area contributed by atoms with Gasteiger partial charge in [-0.3, -0.25) is 0 Å². The zero-order valence-electron chi connectivity index (χ0n) is 54.3. The van der Waals surface area contributed by atoms with Crippen molar-refractivity contribution in [1.82, 2.24) is 19.9 Å². The van der Waals surface area contributed by atoms with Crippen molar-refractivity contribution < 1.29 is 0 Å². The molecule has 0 bridgehead atoms. The first-order valence-electron chi connectivity index (χ1n) is 34.2. The van der Waals surface area contributed by atoms with Gasteiger partial charge in [0.2, 0.25) is 0 Å². The molecule has 462 valence electrons. The molecule has 21 rings (SSSR count). The Balaban J connectivity index is 0.000000135. The highest BCUT2D eigenvalue weighted by Crippen LogP contribution is 2.43. The third kappa shape index (κ3) is 9.45. The van der Waals surface area contributed by atoms with Gasteiger partial charge in [0.15, 0.2) is 0 Å². The molecular formula is C96H58N4. The molecule has 0 atom stereocenters.